The van der Waals surface area contributed by atoms with Crippen molar-refractivity contribution in [3.8, 4) is 11.3 Å². The SMILES string of the molecule is Cc1cnn2cc(-c3cnn(C)c3)nc(C3CCNCC3)c12. The highest BCUT2D eigenvalue weighted by Gasteiger charge is 2.22. The summed E-state index contributed by atoms with van der Waals surface area (Å²) in [4.78, 5) is 5.00. The highest BCUT2D eigenvalue weighted by Crippen LogP contribution is 2.30. The van der Waals surface area contributed by atoms with E-state index >= 15 is 0 Å². The summed E-state index contributed by atoms with van der Waals surface area (Å²) in [6.07, 6.45) is 10.0. The zero-order chi connectivity index (χ0) is 15.1. The molecule has 0 aliphatic carbocycles. The first-order valence-corrected chi connectivity index (χ1v) is 7.77. The van der Waals surface area contributed by atoms with Crippen LogP contribution in [0.25, 0.3) is 16.8 Å². The summed E-state index contributed by atoms with van der Waals surface area (Å²) in [5.74, 6) is 0.496. The molecular formula is C16H20N6. The Bertz CT molecular complexity index is 809. The average Bonchev–Trinajstić information content (AvgIpc) is 3.14. The molecule has 0 amide bonds. The van der Waals surface area contributed by atoms with Crippen LogP contribution in [0.1, 0.15) is 30.0 Å². The van der Waals surface area contributed by atoms with Crippen molar-refractivity contribution in [1.82, 2.24) is 29.7 Å². The Hall–Kier alpha value is -2.21. The number of aromatic nitrogens is 5. The van der Waals surface area contributed by atoms with Crippen LogP contribution in [0.4, 0.5) is 0 Å². The lowest BCUT2D eigenvalue weighted by Crippen LogP contribution is -2.27. The van der Waals surface area contributed by atoms with Crippen LogP contribution in [0.2, 0.25) is 0 Å². The van der Waals surface area contributed by atoms with E-state index in [9.17, 15) is 0 Å². The maximum Gasteiger partial charge on any atom is 0.0921 e. The minimum atomic E-state index is 0.496. The summed E-state index contributed by atoms with van der Waals surface area (Å²) in [5.41, 5.74) is 5.51. The molecule has 0 atom stereocenters. The van der Waals surface area contributed by atoms with Crippen LogP contribution < -0.4 is 5.32 Å². The van der Waals surface area contributed by atoms with Crippen molar-refractivity contribution in [2.45, 2.75) is 25.7 Å². The molecule has 4 heterocycles. The quantitative estimate of drug-likeness (QED) is 0.784. The van der Waals surface area contributed by atoms with Crippen molar-refractivity contribution in [3.05, 3.63) is 36.0 Å². The fraction of sp³-hybridized carbons (Fsp3) is 0.438. The van der Waals surface area contributed by atoms with E-state index < -0.39 is 0 Å². The van der Waals surface area contributed by atoms with Gasteiger partial charge < -0.3 is 5.32 Å². The van der Waals surface area contributed by atoms with Crippen LogP contribution in [0.5, 0.6) is 0 Å². The predicted octanol–water partition coefficient (Wildman–Crippen LogP) is 1.91. The van der Waals surface area contributed by atoms with Crippen molar-refractivity contribution >= 4 is 5.52 Å². The van der Waals surface area contributed by atoms with Gasteiger partial charge in [-0.1, -0.05) is 0 Å². The molecule has 3 aromatic rings. The van der Waals surface area contributed by atoms with Gasteiger partial charge in [-0.05, 0) is 38.4 Å². The Balaban J connectivity index is 1.89. The molecule has 1 saturated heterocycles. The Kier molecular flexibility index (Phi) is 3.18. The second-order valence-corrected chi connectivity index (χ2v) is 6.06. The third kappa shape index (κ3) is 2.20. The van der Waals surface area contributed by atoms with Crippen LogP contribution in [0.3, 0.4) is 0 Å². The molecule has 0 bridgehead atoms. The van der Waals surface area contributed by atoms with Crippen molar-refractivity contribution in [2.75, 3.05) is 13.1 Å². The van der Waals surface area contributed by atoms with Crippen LogP contribution in [-0.2, 0) is 7.05 Å². The van der Waals surface area contributed by atoms with Gasteiger partial charge in [-0.25, -0.2) is 9.50 Å². The number of fused-ring (bicyclic) bond motifs is 1. The number of nitrogens with one attached hydrogen (secondary N) is 1. The van der Waals surface area contributed by atoms with Crippen LogP contribution in [-0.4, -0.2) is 37.5 Å². The highest BCUT2D eigenvalue weighted by atomic mass is 15.2. The molecule has 1 fully saturated rings. The maximum atomic E-state index is 5.00. The molecular weight excluding hydrogens is 276 g/mol. The zero-order valence-corrected chi connectivity index (χ0v) is 13.0. The van der Waals surface area contributed by atoms with Gasteiger partial charge in [0.15, 0.2) is 0 Å². The first kappa shape index (κ1) is 13.5. The molecule has 6 heteroatoms. The van der Waals surface area contributed by atoms with Gasteiger partial charge in [-0.15, -0.1) is 0 Å². The maximum absolute atomic E-state index is 5.00. The number of hydrogen-bond donors (Lipinski definition) is 1. The number of aryl methyl sites for hydroxylation is 2. The molecule has 22 heavy (non-hydrogen) atoms. The van der Waals surface area contributed by atoms with Crippen molar-refractivity contribution < 1.29 is 0 Å². The van der Waals surface area contributed by atoms with E-state index in [1.807, 2.05) is 36.4 Å². The second-order valence-electron chi connectivity index (χ2n) is 6.06. The zero-order valence-electron chi connectivity index (χ0n) is 13.0. The lowest BCUT2D eigenvalue weighted by atomic mass is 9.93. The number of piperidine rings is 1. The van der Waals surface area contributed by atoms with E-state index in [-0.39, 0.29) is 0 Å². The van der Waals surface area contributed by atoms with E-state index in [1.165, 1.54) is 16.8 Å². The minimum absolute atomic E-state index is 0.496. The minimum Gasteiger partial charge on any atom is -0.317 e. The molecule has 0 unspecified atom stereocenters. The fourth-order valence-electron chi connectivity index (χ4n) is 3.27. The summed E-state index contributed by atoms with van der Waals surface area (Å²) in [6, 6.07) is 0. The Morgan fingerprint density at radius 1 is 1.14 bits per heavy atom. The topological polar surface area (TPSA) is 60.0 Å². The van der Waals surface area contributed by atoms with E-state index in [2.05, 4.69) is 22.4 Å². The van der Waals surface area contributed by atoms with Gasteiger partial charge in [0, 0.05) is 24.7 Å². The molecule has 0 spiro atoms. The van der Waals surface area contributed by atoms with E-state index in [4.69, 9.17) is 4.98 Å². The van der Waals surface area contributed by atoms with E-state index in [0.717, 1.165) is 37.2 Å². The molecule has 0 aromatic carbocycles. The van der Waals surface area contributed by atoms with Gasteiger partial charge in [-0.2, -0.15) is 10.2 Å². The summed E-state index contributed by atoms with van der Waals surface area (Å²) in [7, 11) is 1.92. The lowest BCUT2D eigenvalue weighted by Gasteiger charge is -2.23. The molecule has 0 radical (unpaired) electrons. The summed E-state index contributed by atoms with van der Waals surface area (Å²) < 4.78 is 3.78. The van der Waals surface area contributed by atoms with Crippen LogP contribution >= 0.6 is 0 Å². The highest BCUT2D eigenvalue weighted by molar-refractivity contribution is 5.64. The fourth-order valence-corrected chi connectivity index (χ4v) is 3.27. The summed E-state index contributed by atoms with van der Waals surface area (Å²) in [5, 5.41) is 12.2. The number of hydrogen-bond acceptors (Lipinski definition) is 4. The van der Waals surface area contributed by atoms with Gasteiger partial charge in [0.2, 0.25) is 0 Å². The first-order chi connectivity index (χ1) is 10.7. The molecule has 114 valence electrons. The van der Waals surface area contributed by atoms with E-state index in [0.29, 0.717) is 5.92 Å². The average molecular weight is 296 g/mol. The Morgan fingerprint density at radius 2 is 1.95 bits per heavy atom. The molecule has 3 aromatic heterocycles. The molecule has 1 aliphatic rings. The normalized spacial score (nSPS) is 16.5. The number of nitrogens with zero attached hydrogens (tertiary/aromatic N) is 5. The molecule has 1 aliphatic heterocycles. The summed E-state index contributed by atoms with van der Waals surface area (Å²) >= 11 is 0. The third-order valence-corrected chi connectivity index (χ3v) is 4.43. The van der Waals surface area contributed by atoms with Gasteiger partial charge >= 0.3 is 0 Å². The van der Waals surface area contributed by atoms with Gasteiger partial charge in [-0.3, -0.25) is 4.68 Å². The smallest absolute Gasteiger partial charge is 0.0921 e. The van der Waals surface area contributed by atoms with Crippen molar-refractivity contribution in [2.24, 2.45) is 7.05 Å². The molecule has 1 N–H and O–H groups in total. The monoisotopic (exact) mass is 296 g/mol. The number of rotatable bonds is 2. The van der Waals surface area contributed by atoms with Crippen LogP contribution in [0, 0.1) is 6.92 Å². The van der Waals surface area contributed by atoms with Crippen molar-refractivity contribution in [3.63, 3.8) is 0 Å². The Labute approximate surface area is 129 Å². The summed E-state index contributed by atoms with van der Waals surface area (Å²) in [6.45, 7) is 4.23. The first-order valence-electron chi connectivity index (χ1n) is 7.77. The van der Waals surface area contributed by atoms with Crippen LogP contribution in [0.15, 0.2) is 24.8 Å². The molecule has 0 saturated carbocycles. The largest absolute Gasteiger partial charge is 0.317 e. The van der Waals surface area contributed by atoms with Gasteiger partial charge in [0.1, 0.15) is 0 Å². The Morgan fingerprint density at radius 3 is 2.68 bits per heavy atom. The molecule has 6 nitrogen and oxygen atoms in total. The van der Waals surface area contributed by atoms with E-state index in [1.54, 1.807) is 4.68 Å². The van der Waals surface area contributed by atoms with Crippen molar-refractivity contribution in [1.29, 1.82) is 0 Å². The van der Waals surface area contributed by atoms with Gasteiger partial charge in [0.05, 0.1) is 35.5 Å². The standard InChI is InChI=1S/C16H20N6/c1-11-7-19-22-10-14(13-8-18-21(2)9-13)20-15(16(11)22)12-3-5-17-6-4-12/h7-10,12,17H,3-6H2,1-2H3. The lowest BCUT2D eigenvalue weighted by molar-refractivity contribution is 0.454. The second kappa shape index (κ2) is 5.21. The third-order valence-electron chi connectivity index (χ3n) is 4.43. The molecule has 4 rings (SSSR count). The van der Waals surface area contributed by atoms with Gasteiger partial charge in [0.25, 0.3) is 0 Å². The predicted molar refractivity (Wildman–Crippen MR) is 84.8 cm³/mol.